The Hall–Kier alpha value is 0.817. The highest BCUT2D eigenvalue weighted by Gasteiger charge is 2.11. The van der Waals surface area contributed by atoms with E-state index in [1.54, 1.807) is 0 Å². The van der Waals surface area contributed by atoms with Crippen LogP contribution in [0.4, 0.5) is 0 Å². The molecule has 0 bridgehead atoms. The van der Waals surface area contributed by atoms with Crippen LogP contribution in [-0.2, 0) is 0 Å². The fourth-order valence-electron chi connectivity index (χ4n) is 0.564. The monoisotopic (exact) mass is 213 g/mol. The zero-order chi connectivity index (χ0) is 8.04. The topological polar surface area (TPSA) is 26.0 Å². The molecule has 1 nitrogen and oxygen atoms in total. The molecular formula is C7H20ClNSSi. The summed E-state index contributed by atoms with van der Waals surface area (Å²) in [5.41, 5.74) is 5.37. The Kier molecular flexibility index (Phi) is 9.74. The summed E-state index contributed by atoms with van der Waals surface area (Å²) in [6.45, 7) is 8.07. The molecule has 0 atom stereocenters. The number of rotatable bonds is 5. The Labute approximate surface area is 81.9 Å². The van der Waals surface area contributed by atoms with Gasteiger partial charge in [0.15, 0.2) is 0 Å². The minimum Gasteiger partial charge on any atom is -0.330 e. The van der Waals surface area contributed by atoms with E-state index in [2.05, 4.69) is 19.6 Å². The van der Waals surface area contributed by atoms with Crippen LogP contribution in [0.5, 0.6) is 0 Å². The molecule has 0 radical (unpaired) electrons. The Morgan fingerprint density at radius 3 is 2.09 bits per heavy atom. The summed E-state index contributed by atoms with van der Waals surface area (Å²) in [5, 5.41) is 0. The minimum atomic E-state index is -0.769. The molecule has 70 valence electrons. The van der Waals surface area contributed by atoms with Crippen LogP contribution in [0.15, 0.2) is 0 Å². The largest absolute Gasteiger partial charge is 0.330 e. The lowest BCUT2D eigenvalue weighted by molar-refractivity contribution is 1.15. The molecule has 4 heteroatoms. The van der Waals surface area contributed by atoms with Gasteiger partial charge in [0.1, 0.15) is 0 Å². The maximum Gasteiger partial charge on any atom is 0.0450 e. The van der Waals surface area contributed by atoms with Crippen LogP contribution in [0.3, 0.4) is 0 Å². The van der Waals surface area contributed by atoms with Gasteiger partial charge in [-0.2, -0.15) is 11.8 Å². The van der Waals surface area contributed by atoms with Crippen molar-refractivity contribution in [2.75, 3.05) is 18.1 Å². The van der Waals surface area contributed by atoms with Gasteiger partial charge in [-0.3, -0.25) is 0 Å². The second-order valence-corrected chi connectivity index (χ2v) is 10.6. The summed E-state index contributed by atoms with van der Waals surface area (Å²) in [7, 11) is -0.769. The van der Waals surface area contributed by atoms with Gasteiger partial charge >= 0.3 is 0 Å². The summed E-state index contributed by atoms with van der Waals surface area (Å²) in [4.78, 5) is 0. The van der Waals surface area contributed by atoms with Gasteiger partial charge in [0.05, 0.1) is 0 Å². The van der Waals surface area contributed by atoms with Crippen molar-refractivity contribution in [1.82, 2.24) is 0 Å². The van der Waals surface area contributed by atoms with E-state index in [1.165, 1.54) is 11.8 Å². The molecule has 0 spiro atoms. The lowest BCUT2D eigenvalue weighted by Gasteiger charge is -2.14. The molecule has 0 saturated carbocycles. The highest BCUT2D eigenvalue weighted by atomic mass is 35.5. The van der Waals surface area contributed by atoms with E-state index in [0.29, 0.717) is 0 Å². The molecular weight excluding hydrogens is 194 g/mol. The van der Waals surface area contributed by atoms with Crippen LogP contribution >= 0.6 is 24.2 Å². The van der Waals surface area contributed by atoms with Gasteiger partial charge in [0.25, 0.3) is 0 Å². The first-order valence-electron chi connectivity index (χ1n) is 3.84. The number of thioether (sulfide) groups is 1. The second-order valence-electron chi connectivity index (χ2n) is 3.71. The van der Waals surface area contributed by atoms with E-state index in [9.17, 15) is 0 Å². The van der Waals surface area contributed by atoms with E-state index in [0.717, 1.165) is 12.3 Å². The van der Waals surface area contributed by atoms with Crippen molar-refractivity contribution in [3.8, 4) is 0 Å². The Balaban J connectivity index is 0. The molecule has 0 aliphatic rings. The SMILES string of the molecule is C[Si](C)(C)CCSCCN.Cl. The molecule has 2 N–H and O–H groups in total. The van der Waals surface area contributed by atoms with Gasteiger partial charge in [0.2, 0.25) is 0 Å². The lowest BCUT2D eigenvalue weighted by atomic mass is 10.8. The molecule has 0 aromatic carbocycles. The van der Waals surface area contributed by atoms with E-state index >= 15 is 0 Å². The molecule has 0 amide bonds. The molecule has 0 saturated heterocycles. The molecule has 0 unspecified atom stereocenters. The van der Waals surface area contributed by atoms with E-state index in [-0.39, 0.29) is 12.4 Å². The zero-order valence-corrected chi connectivity index (χ0v) is 10.4. The van der Waals surface area contributed by atoms with E-state index < -0.39 is 8.07 Å². The molecule has 0 rings (SSSR count). The smallest absolute Gasteiger partial charge is 0.0450 e. The van der Waals surface area contributed by atoms with E-state index in [1.807, 2.05) is 11.8 Å². The van der Waals surface area contributed by atoms with Crippen molar-refractivity contribution in [1.29, 1.82) is 0 Å². The minimum absolute atomic E-state index is 0. The Morgan fingerprint density at radius 1 is 1.18 bits per heavy atom. The number of halogens is 1. The first kappa shape index (κ1) is 14.3. The van der Waals surface area contributed by atoms with Crippen molar-refractivity contribution < 1.29 is 0 Å². The third kappa shape index (κ3) is 13.8. The average molecular weight is 214 g/mol. The first-order chi connectivity index (χ1) is 4.56. The molecule has 0 aliphatic heterocycles. The highest BCUT2D eigenvalue weighted by molar-refractivity contribution is 7.99. The van der Waals surface area contributed by atoms with Crippen LogP contribution in [0, 0.1) is 0 Å². The molecule has 11 heavy (non-hydrogen) atoms. The quantitative estimate of drug-likeness (QED) is 0.561. The molecule has 0 heterocycles. The van der Waals surface area contributed by atoms with Gasteiger partial charge < -0.3 is 5.73 Å². The lowest BCUT2D eigenvalue weighted by Crippen LogP contribution is -2.20. The fraction of sp³-hybridized carbons (Fsp3) is 1.00. The van der Waals surface area contributed by atoms with Gasteiger partial charge in [-0.25, -0.2) is 0 Å². The molecule has 0 fully saturated rings. The number of hydrogen-bond donors (Lipinski definition) is 1. The van der Waals surface area contributed by atoms with Crippen LogP contribution in [0.1, 0.15) is 0 Å². The first-order valence-corrected chi connectivity index (χ1v) is 8.70. The second kappa shape index (κ2) is 7.47. The maximum absolute atomic E-state index is 5.37. The summed E-state index contributed by atoms with van der Waals surface area (Å²) in [6.07, 6.45) is 0. The number of hydrogen-bond acceptors (Lipinski definition) is 2. The molecule has 0 aliphatic carbocycles. The Morgan fingerprint density at radius 2 is 1.73 bits per heavy atom. The predicted molar refractivity (Wildman–Crippen MR) is 61.8 cm³/mol. The van der Waals surface area contributed by atoms with Gasteiger partial charge in [-0.15, -0.1) is 12.4 Å². The third-order valence-electron chi connectivity index (χ3n) is 1.26. The van der Waals surface area contributed by atoms with Crippen molar-refractivity contribution in [3.05, 3.63) is 0 Å². The highest BCUT2D eigenvalue weighted by Crippen LogP contribution is 2.12. The van der Waals surface area contributed by atoms with Crippen LogP contribution in [-0.4, -0.2) is 26.1 Å². The van der Waals surface area contributed by atoms with E-state index in [4.69, 9.17) is 5.73 Å². The zero-order valence-electron chi connectivity index (χ0n) is 7.72. The van der Waals surface area contributed by atoms with Crippen molar-refractivity contribution in [3.63, 3.8) is 0 Å². The van der Waals surface area contributed by atoms with Crippen molar-refractivity contribution >= 4 is 32.2 Å². The Bertz CT molecular complexity index is 85.0. The van der Waals surface area contributed by atoms with Crippen molar-refractivity contribution in [2.24, 2.45) is 5.73 Å². The summed E-state index contributed by atoms with van der Waals surface area (Å²) < 4.78 is 0. The summed E-state index contributed by atoms with van der Waals surface area (Å²) in [6, 6.07) is 1.43. The van der Waals surface area contributed by atoms with Gasteiger partial charge in [-0.1, -0.05) is 19.6 Å². The number of nitrogens with two attached hydrogens (primary N) is 1. The van der Waals surface area contributed by atoms with Crippen LogP contribution < -0.4 is 5.73 Å². The summed E-state index contributed by atoms with van der Waals surface area (Å²) >= 11 is 1.99. The summed E-state index contributed by atoms with van der Waals surface area (Å²) in [5.74, 6) is 2.44. The molecule has 0 aromatic rings. The average Bonchev–Trinajstić information content (AvgIpc) is 1.78. The van der Waals surface area contributed by atoms with Crippen LogP contribution in [0.25, 0.3) is 0 Å². The standard InChI is InChI=1S/C7H19NSSi.ClH/c1-10(2,3)7-6-9-5-4-8;/h4-8H2,1-3H3;1H. The van der Waals surface area contributed by atoms with Gasteiger partial charge in [-0.05, 0) is 11.8 Å². The van der Waals surface area contributed by atoms with Crippen molar-refractivity contribution in [2.45, 2.75) is 25.7 Å². The predicted octanol–water partition coefficient (Wildman–Crippen LogP) is 2.44. The fourth-order valence-corrected chi connectivity index (χ4v) is 3.96. The van der Waals surface area contributed by atoms with Gasteiger partial charge in [0, 0.05) is 20.4 Å². The maximum atomic E-state index is 5.37. The normalized spacial score (nSPS) is 10.9. The van der Waals surface area contributed by atoms with Crippen LogP contribution in [0.2, 0.25) is 25.7 Å². The molecule has 0 aromatic heterocycles. The third-order valence-corrected chi connectivity index (χ3v) is 4.39.